The molecular weight excluding hydrogens is 267 g/mol. The van der Waals surface area contributed by atoms with Gasteiger partial charge in [-0.2, -0.15) is 0 Å². The largest absolute Gasteiger partial charge is 0.491 e. The summed E-state index contributed by atoms with van der Waals surface area (Å²) < 4.78 is 18.9. The zero-order chi connectivity index (χ0) is 13.0. The smallest absolute Gasteiger partial charge is 0.165 e. The van der Waals surface area contributed by atoms with Gasteiger partial charge in [-0.15, -0.1) is 12.4 Å². The average molecular weight is 289 g/mol. The molecule has 0 spiro atoms. The quantitative estimate of drug-likeness (QED) is 0.921. The number of rotatable bonds is 4. The topological polar surface area (TPSA) is 24.5 Å². The summed E-state index contributed by atoms with van der Waals surface area (Å²) in [5.41, 5.74) is 1.00. The van der Waals surface area contributed by atoms with Gasteiger partial charge in [0.2, 0.25) is 0 Å². The third-order valence-corrected chi connectivity index (χ3v) is 3.32. The van der Waals surface area contributed by atoms with Crippen molar-refractivity contribution in [3.05, 3.63) is 29.6 Å². The van der Waals surface area contributed by atoms with Crippen LogP contribution in [0.15, 0.2) is 18.2 Å². The summed E-state index contributed by atoms with van der Waals surface area (Å²) in [6.07, 6.45) is 0. The molecule has 1 aliphatic heterocycles. The molecule has 0 radical (unpaired) electrons. The lowest BCUT2D eigenvalue weighted by Gasteiger charge is -2.33. The van der Waals surface area contributed by atoms with Crippen LogP contribution in [0.3, 0.4) is 0 Å². The number of halogens is 2. The number of benzene rings is 1. The van der Waals surface area contributed by atoms with E-state index in [4.69, 9.17) is 4.74 Å². The summed E-state index contributed by atoms with van der Waals surface area (Å²) in [5.74, 6) is 0.0757. The first-order valence-electron chi connectivity index (χ1n) is 6.56. The lowest BCUT2D eigenvalue weighted by molar-refractivity contribution is 0.165. The molecule has 0 aromatic heterocycles. The predicted octanol–water partition coefficient (Wildman–Crippen LogP) is 2.44. The molecule has 0 amide bonds. The summed E-state index contributed by atoms with van der Waals surface area (Å²) in [5, 5.41) is 3.35. The molecule has 0 saturated carbocycles. The number of hydrogen-bond donors (Lipinski definition) is 1. The van der Waals surface area contributed by atoms with Gasteiger partial charge in [0, 0.05) is 32.2 Å². The van der Waals surface area contributed by atoms with Crippen molar-refractivity contribution in [1.29, 1.82) is 0 Å². The van der Waals surface area contributed by atoms with E-state index >= 15 is 0 Å². The van der Waals surface area contributed by atoms with Gasteiger partial charge in [0.15, 0.2) is 11.6 Å². The second-order valence-corrected chi connectivity index (χ2v) is 4.72. The van der Waals surface area contributed by atoms with Crippen LogP contribution in [0.25, 0.3) is 0 Å². The first-order chi connectivity index (χ1) is 8.70. The Hall–Kier alpha value is -0.840. The molecule has 1 saturated heterocycles. The number of hydrogen-bond acceptors (Lipinski definition) is 3. The van der Waals surface area contributed by atoms with Gasteiger partial charge in [-0.1, -0.05) is 6.07 Å². The Bertz CT molecular complexity index is 403. The van der Waals surface area contributed by atoms with E-state index in [2.05, 4.69) is 17.1 Å². The van der Waals surface area contributed by atoms with E-state index in [1.54, 1.807) is 12.1 Å². The fourth-order valence-electron chi connectivity index (χ4n) is 2.27. The average Bonchev–Trinajstić information content (AvgIpc) is 2.36. The summed E-state index contributed by atoms with van der Waals surface area (Å²) in [7, 11) is 0. The van der Waals surface area contributed by atoms with Crippen LogP contribution in [0.2, 0.25) is 0 Å². The first-order valence-corrected chi connectivity index (χ1v) is 6.56. The highest BCUT2D eigenvalue weighted by atomic mass is 35.5. The minimum absolute atomic E-state index is 0. The summed E-state index contributed by atoms with van der Waals surface area (Å²) >= 11 is 0. The van der Waals surface area contributed by atoms with Crippen LogP contribution >= 0.6 is 12.4 Å². The lowest BCUT2D eigenvalue weighted by Crippen LogP contribution is -2.49. The van der Waals surface area contributed by atoms with Crippen LogP contribution in [-0.2, 0) is 6.54 Å². The van der Waals surface area contributed by atoms with Crippen molar-refractivity contribution in [2.45, 2.75) is 26.4 Å². The normalized spacial score (nSPS) is 19.8. The second-order valence-electron chi connectivity index (χ2n) is 4.72. The van der Waals surface area contributed by atoms with Gasteiger partial charge in [-0.25, -0.2) is 4.39 Å². The number of nitrogens with one attached hydrogen (secondary N) is 1. The minimum atomic E-state index is -0.267. The maximum Gasteiger partial charge on any atom is 0.165 e. The molecule has 1 atom stereocenters. The van der Waals surface area contributed by atoms with Crippen LogP contribution in [0.1, 0.15) is 19.4 Å². The van der Waals surface area contributed by atoms with Gasteiger partial charge < -0.3 is 10.1 Å². The van der Waals surface area contributed by atoms with Crippen LogP contribution < -0.4 is 10.1 Å². The Labute approximate surface area is 120 Å². The van der Waals surface area contributed by atoms with E-state index in [-0.39, 0.29) is 18.2 Å². The molecule has 1 heterocycles. The van der Waals surface area contributed by atoms with Crippen LogP contribution in [0.5, 0.6) is 5.75 Å². The Morgan fingerprint density at radius 2 is 2.26 bits per heavy atom. The third kappa shape index (κ3) is 4.34. The highest BCUT2D eigenvalue weighted by molar-refractivity contribution is 5.85. The van der Waals surface area contributed by atoms with Gasteiger partial charge in [0.05, 0.1) is 6.61 Å². The third-order valence-electron chi connectivity index (χ3n) is 3.32. The van der Waals surface area contributed by atoms with E-state index < -0.39 is 0 Å². The standard InChI is InChI=1S/C14H21FN2O.ClH/c1-3-18-14-5-4-12(8-13(14)15)10-17-7-6-16-9-11(17)2;/h4-5,8,11,16H,3,6-7,9-10H2,1-2H3;1H/t11-;/m1./s1. The molecule has 3 nitrogen and oxygen atoms in total. The van der Waals surface area contributed by atoms with Crippen molar-refractivity contribution in [3.63, 3.8) is 0 Å². The van der Waals surface area contributed by atoms with Crippen LogP contribution in [0.4, 0.5) is 4.39 Å². The zero-order valence-electron chi connectivity index (χ0n) is 11.5. The van der Waals surface area contributed by atoms with Crippen molar-refractivity contribution in [1.82, 2.24) is 10.2 Å². The van der Waals surface area contributed by atoms with Crippen LogP contribution in [0, 0.1) is 5.82 Å². The van der Waals surface area contributed by atoms with Crippen molar-refractivity contribution >= 4 is 12.4 Å². The number of ether oxygens (including phenoxy) is 1. The minimum Gasteiger partial charge on any atom is -0.491 e. The van der Waals surface area contributed by atoms with Crippen molar-refractivity contribution in [2.75, 3.05) is 26.2 Å². The van der Waals surface area contributed by atoms with Crippen molar-refractivity contribution in [3.8, 4) is 5.75 Å². The molecule has 1 fully saturated rings. The monoisotopic (exact) mass is 288 g/mol. The van der Waals surface area contributed by atoms with Gasteiger partial charge in [-0.3, -0.25) is 4.90 Å². The molecule has 1 aliphatic rings. The Kier molecular flexibility index (Phi) is 6.55. The summed E-state index contributed by atoms with van der Waals surface area (Å²) in [6.45, 7) is 8.35. The zero-order valence-corrected chi connectivity index (χ0v) is 12.3. The van der Waals surface area contributed by atoms with Crippen molar-refractivity contribution < 1.29 is 9.13 Å². The molecule has 1 aromatic carbocycles. The molecule has 0 bridgehead atoms. The molecule has 19 heavy (non-hydrogen) atoms. The SMILES string of the molecule is CCOc1ccc(CN2CCNC[C@H]2C)cc1F.Cl. The molecule has 1 N–H and O–H groups in total. The second kappa shape index (κ2) is 7.68. The van der Waals surface area contributed by atoms with E-state index in [0.29, 0.717) is 18.4 Å². The van der Waals surface area contributed by atoms with Crippen LogP contribution in [-0.4, -0.2) is 37.2 Å². The lowest BCUT2D eigenvalue weighted by atomic mass is 10.1. The number of nitrogens with zero attached hydrogens (tertiary/aromatic N) is 1. The molecule has 2 rings (SSSR count). The Morgan fingerprint density at radius 1 is 1.47 bits per heavy atom. The summed E-state index contributed by atoms with van der Waals surface area (Å²) in [6, 6.07) is 5.75. The fourth-order valence-corrected chi connectivity index (χ4v) is 2.27. The molecule has 0 unspecified atom stereocenters. The predicted molar refractivity (Wildman–Crippen MR) is 77.6 cm³/mol. The number of piperazine rings is 1. The fraction of sp³-hybridized carbons (Fsp3) is 0.571. The Morgan fingerprint density at radius 3 is 2.89 bits per heavy atom. The maximum atomic E-state index is 13.7. The molecule has 108 valence electrons. The molecule has 5 heteroatoms. The van der Waals surface area contributed by atoms with Gasteiger partial charge in [-0.05, 0) is 31.5 Å². The van der Waals surface area contributed by atoms with Crippen molar-refractivity contribution in [2.24, 2.45) is 0 Å². The van der Waals surface area contributed by atoms with Gasteiger partial charge in [0.25, 0.3) is 0 Å². The van der Waals surface area contributed by atoms with E-state index in [1.165, 1.54) is 0 Å². The maximum absolute atomic E-state index is 13.7. The first kappa shape index (κ1) is 16.2. The molecule has 1 aromatic rings. The van der Waals surface area contributed by atoms with E-state index in [1.807, 2.05) is 13.0 Å². The molecule has 0 aliphatic carbocycles. The molecular formula is C14H22ClFN2O. The van der Waals surface area contributed by atoms with Gasteiger partial charge >= 0.3 is 0 Å². The highest BCUT2D eigenvalue weighted by Crippen LogP contribution is 2.20. The van der Waals surface area contributed by atoms with E-state index in [0.717, 1.165) is 31.7 Å². The summed E-state index contributed by atoms with van der Waals surface area (Å²) in [4.78, 5) is 2.37. The van der Waals surface area contributed by atoms with Gasteiger partial charge in [0.1, 0.15) is 0 Å². The highest BCUT2D eigenvalue weighted by Gasteiger charge is 2.18. The van der Waals surface area contributed by atoms with E-state index in [9.17, 15) is 4.39 Å². The Balaban J connectivity index is 0.00000180.